The number of aliphatic carboxylic acids is 1. The number of nitrogens with zero attached hydrogens (tertiary/aromatic N) is 1. The number of benzene rings is 2. The average molecular weight is 331 g/mol. The zero-order valence-electron chi connectivity index (χ0n) is 14.2. The van der Waals surface area contributed by atoms with E-state index in [1.54, 1.807) is 6.08 Å². The van der Waals surface area contributed by atoms with E-state index in [1.807, 2.05) is 49.4 Å². The Balaban J connectivity index is 1.95. The number of allylic oxidation sites excluding steroid dienone is 2. The molecule has 3 heteroatoms. The molecule has 0 aliphatic heterocycles. The Morgan fingerprint density at radius 1 is 1.08 bits per heavy atom. The highest BCUT2D eigenvalue weighted by molar-refractivity contribution is 5.90. The van der Waals surface area contributed by atoms with Gasteiger partial charge in [0.1, 0.15) is 0 Å². The van der Waals surface area contributed by atoms with Gasteiger partial charge in [0.25, 0.3) is 0 Å². The van der Waals surface area contributed by atoms with Gasteiger partial charge in [0, 0.05) is 29.2 Å². The summed E-state index contributed by atoms with van der Waals surface area (Å²) in [7, 11) is 0. The molecule has 0 saturated carbocycles. The second-order valence-electron chi connectivity index (χ2n) is 5.92. The third-order valence-corrected chi connectivity index (χ3v) is 4.24. The van der Waals surface area contributed by atoms with Crippen molar-refractivity contribution < 1.29 is 9.90 Å². The second kappa shape index (κ2) is 7.67. The van der Waals surface area contributed by atoms with Crippen LogP contribution in [0, 0.1) is 0 Å². The number of hydrogen-bond donors (Lipinski definition) is 1. The maximum Gasteiger partial charge on any atom is 0.331 e. The molecule has 1 aromatic heterocycles. The van der Waals surface area contributed by atoms with Gasteiger partial charge in [-0.1, -0.05) is 73.7 Å². The molecule has 1 heterocycles. The molecule has 0 radical (unpaired) electrons. The molecule has 0 spiro atoms. The van der Waals surface area contributed by atoms with E-state index in [0.717, 1.165) is 17.5 Å². The van der Waals surface area contributed by atoms with Crippen LogP contribution in [0.3, 0.4) is 0 Å². The molecule has 3 nitrogen and oxygen atoms in total. The van der Waals surface area contributed by atoms with E-state index < -0.39 is 5.97 Å². The summed E-state index contributed by atoms with van der Waals surface area (Å²) in [4.78, 5) is 11.1. The average Bonchev–Trinajstić information content (AvgIpc) is 2.97. The minimum atomic E-state index is -0.862. The van der Waals surface area contributed by atoms with Crippen LogP contribution < -0.4 is 0 Å². The van der Waals surface area contributed by atoms with Crippen LogP contribution in [0.25, 0.3) is 17.0 Å². The Morgan fingerprint density at radius 2 is 1.80 bits per heavy atom. The van der Waals surface area contributed by atoms with Gasteiger partial charge in [-0.15, -0.1) is 0 Å². The molecule has 0 amide bonds. The van der Waals surface area contributed by atoms with E-state index in [-0.39, 0.29) is 0 Å². The summed E-state index contributed by atoms with van der Waals surface area (Å²) in [5, 5.41) is 10.3. The highest BCUT2D eigenvalue weighted by Gasteiger charge is 2.06. The maximum absolute atomic E-state index is 11.1. The number of rotatable bonds is 6. The van der Waals surface area contributed by atoms with Gasteiger partial charge in [-0.25, -0.2) is 4.79 Å². The smallest absolute Gasteiger partial charge is 0.331 e. The van der Waals surface area contributed by atoms with E-state index in [9.17, 15) is 4.79 Å². The lowest BCUT2D eigenvalue weighted by molar-refractivity contribution is -0.132. The lowest BCUT2D eigenvalue weighted by atomic mass is 10.1. The maximum atomic E-state index is 11.1. The molecule has 0 unspecified atom stereocenters. The van der Waals surface area contributed by atoms with E-state index in [2.05, 4.69) is 35.0 Å². The number of carboxylic acid groups (broad SMARTS) is 1. The van der Waals surface area contributed by atoms with E-state index >= 15 is 0 Å². The van der Waals surface area contributed by atoms with Crippen molar-refractivity contribution in [3.63, 3.8) is 0 Å². The normalized spacial score (nSPS) is 12.1. The topological polar surface area (TPSA) is 42.2 Å². The Bertz CT molecular complexity index is 933. The van der Waals surface area contributed by atoms with Gasteiger partial charge >= 0.3 is 5.97 Å². The van der Waals surface area contributed by atoms with Crippen LogP contribution in [0.5, 0.6) is 0 Å². The molecule has 0 atom stereocenters. The van der Waals surface area contributed by atoms with E-state index in [4.69, 9.17) is 5.11 Å². The minimum Gasteiger partial charge on any atom is -0.478 e. The number of hydrogen-bond acceptors (Lipinski definition) is 1. The fourth-order valence-corrected chi connectivity index (χ4v) is 2.93. The van der Waals surface area contributed by atoms with Crippen molar-refractivity contribution in [2.24, 2.45) is 0 Å². The van der Waals surface area contributed by atoms with Gasteiger partial charge < -0.3 is 9.67 Å². The molecule has 25 heavy (non-hydrogen) atoms. The molecule has 1 N–H and O–H groups in total. The van der Waals surface area contributed by atoms with Crippen LogP contribution in [-0.4, -0.2) is 15.6 Å². The number of carboxylic acids is 1. The van der Waals surface area contributed by atoms with Crippen molar-refractivity contribution in [3.05, 3.63) is 89.6 Å². The first-order valence-corrected chi connectivity index (χ1v) is 8.41. The zero-order valence-corrected chi connectivity index (χ0v) is 14.2. The lowest BCUT2D eigenvalue weighted by Crippen LogP contribution is -1.98. The second-order valence-corrected chi connectivity index (χ2v) is 5.92. The number of aromatic nitrogens is 1. The Morgan fingerprint density at radius 3 is 2.52 bits per heavy atom. The summed E-state index contributed by atoms with van der Waals surface area (Å²) in [5.41, 5.74) is 3.91. The summed E-state index contributed by atoms with van der Waals surface area (Å²) in [6.07, 6.45) is 8.10. The Labute approximate surface area is 147 Å². The van der Waals surface area contributed by atoms with Crippen molar-refractivity contribution >= 4 is 22.9 Å². The number of para-hydroxylation sites is 1. The molecule has 2 aromatic carbocycles. The van der Waals surface area contributed by atoms with E-state index in [1.165, 1.54) is 11.1 Å². The molecule has 126 valence electrons. The molecule has 0 aliphatic rings. The monoisotopic (exact) mass is 331 g/mol. The third-order valence-electron chi connectivity index (χ3n) is 4.24. The summed E-state index contributed by atoms with van der Waals surface area (Å²) < 4.78 is 2.23. The first kappa shape index (κ1) is 16.8. The highest BCUT2D eigenvalue weighted by atomic mass is 16.4. The molecule has 0 aliphatic carbocycles. The number of fused-ring (bicyclic) bond motifs is 1. The van der Waals surface area contributed by atoms with Crippen LogP contribution in [0.4, 0.5) is 0 Å². The Hall–Kier alpha value is -3.07. The van der Waals surface area contributed by atoms with Gasteiger partial charge in [-0.05, 0) is 23.6 Å². The van der Waals surface area contributed by atoms with Crippen molar-refractivity contribution in [1.29, 1.82) is 0 Å². The summed E-state index contributed by atoms with van der Waals surface area (Å²) in [6, 6.07) is 18.6. The van der Waals surface area contributed by atoms with Crippen molar-refractivity contribution in [2.75, 3.05) is 0 Å². The van der Waals surface area contributed by atoms with Gasteiger partial charge in [-0.3, -0.25) is 0 Å². The van der Waals surface area contributed by atoms with Crippen LogP contribution in [0.1, 0.15) is 24.5 Å². The molecular formula is C22H21NO2. The van der Waals surface area contributed by atoms with Crippen molar-refractivity contribution in [3.8, 4) is 0 Å². The van der Waals surface area contributed by atoms with Crippen LogP contribution in [0.15, 0.2) is 78.5 Å². The van der Waals surface area contributed by atoms with Crippen LogP contribution in [0.2, 0.25) is 0 Å². The van der Waals surface area contributed by atoms with Crippen LogP contribution in [-0.2, 0) is 11.3 Å². The summed E-state index contributed by atoms with van der Waals surface area (Å²) >= 11 is 0. The fraction of sp³-hybridized carbons (Fsp3) is 0.136. The molecule has 3 aromatic rings. The van der Waals surface area contributed by atoms with Crippen LogP contribution >= 0.6 is 0 Å². The molecular weight excluding hydrogens is 310 g/mol. The van der Waals surface area contributed by atoms with Gasteiger partial charge in [0.05, 0.1) is 0 Å². The van der Waals surface area contributed by atoms with Gasteiger partial charge in [0.2, 0.25) is 0 Å². The largest absolute Gasteiger partial charge is 0.478 e. The first-order valence-electron chi connectivity index (χ1n) is 8.41. The quantitative estimate of drug-likeness (QED) is 0.503. The zero-order chi connectivity index (χ0) is 17.6. The minimum absolute atomic E-state index is 0.407. The molecule has 3 rings (SSSR count). The summed E-state index contributed by atoms with van der Waals surface area (Å²) in [6.45, 7) is 2.65. The predicted molar refractivity (Wildman–Crippen MR) is 103 cm³/mol. The van der Waals surface area contributed by atoms with Gasteiger partial charge in [-0.2, -0.15) is 0 Å². The first-order chi connectivity index (χ1) is 12.2. The van der Waals surface area contributed by atoms with Crippen molar-refractivity contribution in [1.82, 2.24) is 4.57 Å². The predicted octanol–water partition coefficient (Wildman–Crippen LogP) is 5.12. The molecule has 0 saturated heterocycles. The summed E-state index contributed by atoms with van der Waals surface area (Å²) in [5.74, 6) is -0.862. The standard InChI is InChI=1S/C22H21NO2/c1-2-18(22(24)25)11-8-12-19-16-23(15-17-9-4-3-5-10-17)21-14-7-6-13-20(19)21/h3-14,16H,2,15H2,1H3,(H,24,25)/b12-8+,18-11+. The molecule has 0 bridgehead atoms. The van der Waals surface area contributed by atoms with E-state index in [0.29, 0.717) is 12.0 Å². The third kappa shape index (κ3) is 3.89. The molecule has 0 fully saturated rings. The number of carbonyl (C=O) groups is 1. The SMILES string of the molecule is CC/C(=C\C=C\c1cn(Cc2ccccc2)c2ccccc12)C(=O)O. The highest BCUT2D eigenvalue weighted by Crippen LogP contribution is 2.23. The lowest BCUT2D eigenvalue weighted by Gasteiger charge is -2.05. The van der Waals surface area contributed by atoms with Crippen molar-refractivity contribution in [2.45, 2.75) is 19.9 Å². The fourth-order valence-electron chi connectivity index (χ4n) is 2.93. The Kier molecular flexibility index (Phi) is 5.14. The van der Waals surface area contributed by atoms with Gasteiger partial charge in [0.15, 0.2) is 0 Å².